The summed E-state index contributed by atoms with van der Waals surface area (Å²) in [7, 11) is 1.53. The van der Waals surface area contributed by atoms with E-state index in [0.29, 0.717) is 18.4 Å². The van der Waals surface area contributed by atoms with Gasteiger partial charge in [-0.15, -0.1) is 0 Å². The van der Waals surface area contributed by atoms with Crippen LogP contribution in [-0.2, 0) is 21.3 Å². The van der Waals surface area contributed by atoms with Crippen molar-refractivity contribution in [1.82, 2.24) is 5.32 Å². The Bertz CT molecular complexity index is 499. The zero-order valence-electron chi connectivity index (χ0n) is 9.16. The lowest BCUT2D eigenvalue weighted by molar-refractivity contribution is -0.123. The summed E-state index contributed by atoms with van der Waals surface area (Å²) in [5.74, 6) is -0.973. The second kappa shape index (κ2) is 4.19. The number of benzene rings is 1. The van der Waals surface area contributed by atoms with Crippen LogP contribution in [0.5, 0.6) is 0 Å². The highest BCUT2D eigenvalue weighted by molar-refractivity contribution is 7.79. The molecule has 1 aliphatic carbocycles. The van der Waals surface area contributed by atoms with Gasteiger partial charge in [-0.25, -0.2) is 4.39 Å². The summed E-state index contributed by atoms with van der Waals surface area (Å²) in [5.41, 5.74) is -0.137. The summed E-state index contributed by atoms with van der Waals surface area (Å²) in [6, 6.07) is 3.82. The van der Waals surface area contributed by atoms with Crippen molar-refractivity contribution in [3.05, 3.63) is 29.6 Å². The minimum absolute atomic E-state index is 0.159. The Hall–Kier alpha value is -1.27. The van der Waals surface area contributed by atoms with Gasteiger partial charge in [0.1, 0.15) is 5.82 Å². The Morgan fingerprint density at radius 2 is 2.18 bits per heavy atom. The molecule has 2 rings (SSSR count). The monoisotopic (exact) mass is 256 g/mol. The van der Waals surface area contributed by atoms with Crippen LogP contribution in [-0.4, -0.2) is 21.7 Å². The van der Waals surface area contributed by atoms with Crippen LogP contribution in [0, 0.1) is 5.82 Å². The molecule has 1 saturated carbocycles. The number of hydrogen-bond donors (Lipinski definition) is 1. The van der Waals surface area contributed by atoms with E-state index in [1.807, 2.05) is 0 Å². The van der Waals surface area contributed by atoms with Crippen molar-refractivity contribution in [1.29, 1.82) is 0 Å². The molecular formula is C11H11FNO3S-. The van der Waals surface area contributed by atoms with Crippen LogP contribution in [0.15, 0.2) is 23.1 Å². The molecule has 1 atom stereocenters. The molecule has 1 fully saturated rings. The first-order chi connectivity index (χ1) is 8.01. The van der Waals surface area contributed by atoms with Crippen molar-refractivity contribution >= 4 is 17.0 Å². The predicted molar refractivity (Wildman–Crippen MR) is 58.6 cm³/mol. The van der Waals surface area contributed by atoms with Crippen LogP contribution in [0.4, 0.5) is 4.39 Å². The number of nitrogens with one attached hydrogen (secondary N) is 1. The van der Waals surface area contributed by atoms with E-state index in [1.54, 1.807) is 0 Å². The maximum absolute atomic E-state index is 13.5. The smallest absolute Gasteiger partial charge is 0.230 e. The highest BCUT2D eigenvalue weighted by atomic mass is 32.2. The summed E-state index contributed by atoms with van der Waals surface area (Å²) >= 11 is -2.59. The molecule has 4 nitrogen and oxygen atoms in total. The molecule has 92 valence electrons. The van der Waals surface area contributed by atoms with Gasteiger partial charge >= 0.3 is 0 Å². The van der Waals surface area contributed by atoms with E-state index in [0.717, 1.165) is 6.07 Å². The quantitative estimate of drug-likeness (QED) is 0.815. The maximum Gasteiger partial charge on any atom is 0.230 e. The van der Waals surface area contributed by atoms with Crippen LogP contribution in [0.25, 0.3) is 0 Å². The molecule has 1 aromatic carbocycles. The zero-order chi connectivity index (χ0) is 12.6. The lowest BCUT2D eigenvalue weighted by Crippen LogP contribution is -2.31. The standard InChI is InChI=1S/C11H12FNO3S/c1-13-10(14)11(4-5-11)7-2-3-9(17(15)16)8(12)6-7/h2-3,6H,4-5H2,1H3,(H,13,14)(H,15,16)/p-1. The average Bonchev–Trinajstić information content (AvgIpc) is 3.08. The molecule has 17 heavy (non-hydrogen) atoms. The second-order valence-corrected chi connectivity index (χ2v) is 4.95. The van der Waals surface area contributed by atoms with Gasteiger partial charge < -0.3 is 9.87 Å². The lowest BCUT2D eigenvalue weighted by Gasteiger charge is -2.15. The fraction of sp³-hybridized carbons (Fsp3) is 0.364. The molecule has 1 amide bonds. The predicted octanol–water partition coefficient (Wildman–Crippen LogP) is 0.841. The molecule has 0 aliphatic heterocycles. The molecule has 1 aromatic rings. The summed E-state index contributed by atoms with van der Waals surface area (Å²) in [6.07, 6.45) is 1.32. The molecule has 0 heterocycles. The van der Waals surface area contributed by atoms with Gasteiger partial charge in [0, 0.05) is 7.05 Å². The van der Waals surface area contributed by atoms with Gasteiger partial charge in [-0.3, -0.25) is 9.00 Å². The Morgan fingerprint density at radius 3 is 2.59 bits per heavy atom. The Kier molecular flexibility index (Phi) is 3.01. The molecule has 0 radical (unpaired) electrons. The van der Waals surface area contributed by atoms with Gasteiger partial charge in [0.15, 0.2) is 0 Å². The normalized spacial score (nSPS) is 18.5. The highest BCUT2D eigenvalue weighted by Crippen LogP contribution is 2.48. The van der Waals surface area contributed by atoms with Crippen LogP contribution in [0.1, 0.15) is 18.4 Å². The first-order valence-corrected chi connectivity index (χ1v) is 6.20. The van der Waals surface area contributed by atoms with Crippen molar-refractivity contribution < 1.29 is 17.9 Å². The molecule has 1 N–H and O–H groups in total. The fourth-order valence-electron chi connectivity index (χ4n) is 1.94. The molecule has 6 heteroatoms. The zero-order valence-corrected chi connectivity index (χ0v) is 9.97. The number of likely N-dealkylation sites (N-methyl/N-ethyl adjacent to an activating group) is 1. The fourth-order valence-corrected chi connectivity index (χ4v) is 2.34. The van der Waals surface area contributed by atoms with E-state index in [1.165, 1.54) is 19.2 Å². The van der Waals surface area contributed by atoms with Gasteiger partial charge in [0.05, 0.1) is 10.3 Å². The van der Waals surface area contributed by atoms with Crippen molar-refractivity contribution in [2.75, 3.05) is 7.05 Å². The second-order valence-electron chi connectivity index (χ2n) is 4.04. The van der Waals surface area contributed by atoms with Gasteiger partial charge in [-0.05, 0) is 41.6 Å². The summed E-state index contributed by atoms with van der Waals surface area (Å²) in [6.45, 7) is 0. The highest BCUT2D eigenvalue weighted by Gasteiger charge is 2.50. The number of hydrogen-bond acceptors (Lipinski definition) is 3. The Balaban J connectivity index is 2.39. The van der Waals surface area contributed by atoms with E-state index in [2.05, 4.69) is 5.32 Å². The minimum atomic E-state index is -2.59. The van der Waals surface area contributed by atoms with Crippen LogP contribution >= 0.6 is 0 Å². The Morgan fingerprint density at radius 1 is 1.53 bits per heavy atom. The number of rotatable bonds is 3. The van der Waals surface area contributed by atoms with Crippen molar-refractivity contribution in [3.8, 4) is 0 Å². The van der Waals surface area contributed by atoms with Gasteiger partial charge in [0.2, 0.25) is 5.91 Å². The summed E-state index contributed by atoms with van der Waals surface area (Å²) in [5, 5.41) is 2.54. The van der Waals surface area contributed by atoms with E-state index < -0.39 is 22.3 Å². The molecule has 0 spiro atoms. The van der Waals surface area contributed by atoms with Gasteiger partial charge in [-0.1, -0.05) is 6.07 Å². The summed E-state index contributed by atoms with van der Waals surface area (Å²) in [4.78, 5) is 11.3. The van der Waals surface area contributed by atoms with Crippen molar-refractivity contribution in [3.63, 3.8) is 0 Å². The molecule has 0 bridgehead atoms. The van der Waals surface area contributed by atoms with Gasteiger partial charge in [-0.2, -0.15) is 0 Å². The topological polar surface area (TPSA) is 69.2 Å². The molecule has 0 aromatic heterocycles. The molecule has 1 unspecified atom stereocenters. The van der Waals surface area contributed by atoms with Crippen LogP contribution < -0.4 is 5.32 Å². The van der Waals surface area contributed by atoms with E-state index >= 15 is 0 Å². The first kappa shape index (κ1) is 12.2. The first-order valence-electron chi connectivity index (χ1n) is 5.13. The van der Waals surface area contributed by atoms with Gasteiger partial charge in [0.25, 0.3) is 0 Å². The molecule has 1 aliphatic rings. The van der Waals surface area contributed by atoms with Crippen LogP contribution in [0.3, 0.4) is 0 Å². The third-order valence-corrected chi connectivity index (χ3v) is 3.77. The van der Waals surface area contributed by atoms with Crippen molar-refractivity contribution in [2.45, 2.75) is 23.2 Å². The Labute approximate surface area is 101 Å². The number of halogens is 1. The number of amides is 1. The SMILES string of the molecule is CNC(=O)C1(c2ccc(S(=O)[O-])c(F)c2)CC1. The van der Waals surface area contributed by atoms with Crippen LogP contribution in [0.2, 0.25) is 0 Å². The van der Waals surface area contributed by atoms with E-state index in [4.69, 9.17) is 0 Å². The number of carbonyl (C=O) groups excluding carboxylic acids is 1. The lowest BCUT2D eigenvalue weighted by atomic mass is 9.95. The maximum atomic E-state index is 13.5. The summed E-state index contributed by atoms with van der Waals surface area (Å²) < 4.78 is 34.8. The molecule has 0 saturated heterocycles. The number of carbonyl (C=O) groups is 1. The third-order valence-electron chi connectivity index (χ3n) is 3.08. The largest absolute Gasteiger partial charge is 0.768 e. The average molecular weight is 256 g/mol. The third kappa shape index (κ3) is 1.98. The van der Waals surface area contributed by atoms with E-state index in [-0.39, 0.29) is 10.8 Å². The van der Waals surface area contributed by atoms with E-state index in [9.17, 15) is 17.9 Å². The molecular weight excluding hydrogens is 245 g/mol. The minimum Gasteiger partial charge on any atom is -0.768 e. The van der Waals surface area contributed by atoms with Crippen molar-refractivity contribution in [2.24, 2.45) is 0 Å².